The van der Waals surface area contributed by atoms with Crippen LogP contribution in [-0.2, 0) is 6.42 Å². The number of carbonyl (C=O) groups excluding carboxylic acids is 1. The molecule has 0 saturated heterocycles. The number of hydrogen-bond donors (Lipinski definition) is 3. The van der Waals surface area contributed by atoms with Crippen molar-refractivity contribution < 1.29 is 9.90 Å². The molecule has 0 aliphatic carbocycles. The van der Waals surface area contributed by atoms with Crippen molar-refractivity contribution in [2.45, 2.75) is 13.3 Å². The van der Waals surface area contributed by atoms with Gasteiger partial charge in [-0.05, 0) is 18.1 Å². The normalized spacial score (nSPS) is 13.3. The van der Waals surface area contributed by atoms with Crippen molar-refractivity contribution in [1.29, 1.82) is 0 Å². The number of nitrogens with zero attached hydrogens (tertiary/aromatic N) is 1. The number of H-pyrrole nitrogens is 1. The molecule has 1 atom stereocenters. The van der Waals surface area contributed by atoms with Crippen LogP contribution in [0, 0.1) is 5.41 Å². The van der Waals surface area contributed by atoms with Crippen LogP contribution in [0.4, 0.5) is 0 Å². The van der Waals surface area contributed by atoms with E-state index in [4.69, 9.17) is 0 Å². The first-order valence-corrected chi connectivity index (χ1v) is 8.43. The minimum absolute atomic E-state index is 0.0675. The molecule has 0 aliphatic rings. The van der Waals surface area contributed by atoms with Crippen LogP contribution in [-0.4, -0.2) is 34.4 Å². The maximum Gasteiger partial charge on any atom is 0.272 e. The Morgan fingerprint density at radius 1 is 1.12 bits per heavy atom. The molecule has 1 unspecified atom stereocenters. The molecule has 2 aromatic carbocycles. The number of aromatic nitrogens is 2. The van der Waals surface area contributed by atoms with E-state index in [0.29, 0.717) is 17.2 Å². The fourth-order valence-electron chi connectivity index (χ4n) is 2.93. The zero-order chi connectivity index (χ0) is 18.6. The number of nitrogens with one attached hydrogen (secondary N) is 2. The Hall–Kier alpha value is -2.99. The van der Waals surface area contributed by atoms with E-state index in [9.17, 15) is 14.7 Å². The summed E-state index contributed by atoms with van der Waals surface area (Å²) in [7, 11) is 0. The summed E-state index contributed by atoms with van der Waals surface area (Å²) in [6.45, 7) is 2.13. The summed E-state index contributed by atoms with van der Waals surface area (Å²) in [4.78, 5) is 24.4. The number of carbonyl (C=O) groups is 1. The highest BCUT2D eigenvalue weighted by Crippen LogP contribution is 2.21. The van der Waals surface area contributed by atoms with Gasteiger partial charge in [-0.25, -0.2) is 5.10 Å². The second kappa shape index (κ2) is 7.49. The van der Waals surface area contributed by atoms with Crippen molar-refractivity contribution in [1.82, 2.24) is 15.5 Å². The first-order valence-electron chi connectivity index (χ1n) is 8.43. The third kappa shape index (κ3) is 3.81. The monoisotopic (exact) mass is 351 g/mol. The van der Waals surface area contributed by atoms with E-state index in [0.717, 1.165) is 5.56 Å². The quantitative estimate of drug-likeness (QED) is 0.632. The molecular formula is C20H21N3O3. The first-order chi connectivity index (χ1) is 12.5. The number of aromatic amines is 1. The van der Waals surface area contributed by atoms with E-state index in [1.807, 2.05) is 37.3 Å². The van der Waals surface area contributed by atoms with Gasteiger partial charge in [-0.15, -0.1) is 0 Å². The van der Waals surface area contributed by atoms with Gasteiger partial charge in [0.15, 0.2) is 5.69 Å². The number of amides is 1. The van der Waals surface area contributed by atoms with Crippen LogP contribution in [0.1, 0.15) is 23.0 Å². The van der Waals surface area contributed by atoms with Crippen LogP contribution in [0.25, 0.3) is 10.8 Å². The van der Waals surface area contributed by atoms with E-state index >= 15 is 0 Å². The van der Waals surface area contributed by atoms with Crippen molar-refractivity contribution in [2.75, 3.05) is 13.2 Å². The van der Waals surface area contributed by atoms with Gasteiger partial charge in [0.25, 0.3) is 11.5 Å². The fourth-order valence-corrected chi connectivity index (χ4v) is 2.93. The van der Waals surface area contributed by atoms with Crippen molar-refractivity contribution in [3.63, 3.8) is 0 Å². The van der Waals surface area contributed by atoms with Crippen molar-refractivity contribution >= 4 is 16.7 Å². The molecule has 6 heteroatoms. The Kier molecular flexibility index (Phi) is 5.14. The molecule has 1 aromatic heterocycles. The summed E-state index contributed by atoms with van der Waals surface area (Å²) < 4.78 is 0. The van der Waals surface area contributed by atoms with Gasteiger partial charge >= 0.3 is 0 Å². The van der Waals surface area contributed by atoms with Crippen LogP contribution >= 0.6 is 0 Å². The lowest BCUT2D eigenvalue weighted by atomic mass is 9.84. The third-order valence-electron chi connectivity index (χ3n) is 4.44. The lowest BCUT2D eigenvalue weighted by Gasteiger charge is -2.27. The number of hydrogen-bond acceptors (Lipinski definition) is 4. The molecule has 0 aliphatic heterocycles. The topological polar surface area (TPSA) is 95.1 Å². The molecule has 1 amide bonds. The van der Waals surface area contributed by atoms with Crippen LogP contribution < -0.4 is 10.9 Å². The summed E-state index contributed by atoms with van der Waals surface area (Å²) in [6.07, 6.45) is 0.629. The summed E-state index contributed by atoms with van der Waals surface area (Å²) in [6, 6.07) is 16.7. The van der Waals surface area contributed by atoms with E-state index < -0.39 is 5.41 Å². The zero-order valence-electron chi connectivity index (χ0n) is 14.5. The summed E-state index contributed by atoms with van der Waals surface area (Å²) in [5.74, 6) is -0.384. The second-order valence-electron chi connectivity index (χ2n) is 6.76. The van der Waals surface area contributed by atoms with E-state index in [2.05, 4.69) is 15.5 Å². The van der Waals surface area contributed by atoms with Gasteiger partial charge in [0, 0.05) is 17.3 Å². The molecule has 3 rings (SSSR count). The molecular weight excluding hydrogens is 330 g/mol. The van der Waals surface area contributed by atoms with Gasteiger partial charge in [0.05, 0.1) is 12.0 Å². The zero-order valence-corrected chi connectivity index (χ0v) is 14.5. The molecule has 0 bridgehead atoms. The Bertz CT molecular complexity index is 969. The maximum atomic E-state index is 12.6. The third-order valence-corrected chi connectivity index (χ3v) is 4.44. The summed E-state index contributed by atoms with van der Waals surface area (Å²) in [5.41, 5.74) is 0.419. The average molecular weight is 351 g/mol. The summed E-state index contributed by atoms with van der Waals surface area (Å²) in [5, 5.41) is 19.8. The summed E-state index contributed by atoms with van der Waals surface area (Å²) >= 11 is 0. The largest absolute Gasteiger partial charge is 0.396 e. The molecule has 134 valence electrons. The maximum absolute atomic E-state index is 12.6. The van der Waals surface area contributed by atoms with Crippen molar-refractivity contribution in [2.24, 2.45) is 5.41 Å². The van der Waals surface area contributed by atoms with Gasteiger partial charge in [0.2, 0.25) is 0 Å². The van der Waals surface area contributed by atoms with Gasteiger partial charge in [-0.1, -0.05) is 55.5 Å². The predicted octanol–water partition coefficient (Wildman–Crippen LogP) is 1.89. The minimum atomic E-state index is -0.505. The fraction of sp³-hybridized carbons (Fsp3) is 0.250. The Morgan fingerprint density at radius 3 is 2.46 bits per heavy atom. The molecule has 26 heavy (non-hydrogen) atoms. The SMILES string of the molecule is CC(CO)(CNC(=O)c1n[nH]c(=O)c2ccccc12)Cc1ccccc1. The van der Waals surface area contributed by atoms with Crippen LogP contribution in [0.2, 0.25) is 0 Å². The Balaban J connectivity index is 1.78. The number of aliphatic hydroxyl groups excluding tert-OH is 1. The molecule has 3 aromatic rings. The predicted molar refractivity (Wildman–Crippen MR) is 100 cm³/mol. The van der Waals surface area contributed by atoms with E-state index in [1.54, 1.807) is 24.3 Å². The van der Waals surface area contributed by atoms with Crippen LogP contribution in [0.5, 0.6) is 0 Å². The van der Waals surface area contributed by atoms with Gasteiger partial charge in [0.1, 0.15) is 0 Å². The number of aliphatic hydroxyl groups is 1. The number of benzene rings is 2. The van der Waals surface area contributed by atoms with Gasteiger partial charge in [-0.2, -0.15) is 5.10 Å². The first kappa shape index (κ1) is 17.8. The second-order valence-corrected chi connectivity index (χ2v) is 6.76. The highest BCUT2D eigenvalue weighted by Gasteiger charge is 2.25. The lowest BCUT2D eigenvalue weighted by molar-refractivity contribution is 0.0891. The number of rotatable bonds is 6. The van der Waals surface area contributed by atoms with Crippen LogP contribution in [0.15, 0.2) is 59.4 Å². The smallest absolute Gasteiger partial charge is 0.272 e. The van der Waals surface area contributed by atoms with Crippen LogP contribution in [0.3, 0.4) is 0 Å². The average Bonchev–Trinajstić information content (AvgIpc) is 2.67. The molecule has 0 radical (unpaired) electrons. The Morgan fingerprint density at radius 2 is 1.77 bits per heavy atom. The van der Waals surface area contributed by atoms with Gasteiger partial charge < -0.3 is 10.4 Å². The molecule has 3 N–H and O–H groups in total. The van der Waals surface area contributed by atoms with Crippen molar-refractivity contribution in [3.8, 4) is 0 Å². The Labute approximate surface area is 150 Å². The molecule has 0 saturated carbocycles. The lowest BCUT2D eigenvalue weighted by Crippen LogP contribution is -2.40. The van der Waals surface area contributed by atoms with E-state index in [-0.39, 0.29) is 30.3 Å². The minimum Gasteiger partial charge on any atom is -0.396 e. The highest BCUT2D eigenvalue weighted by molar-refractivity contribution is 6.04. The number of fused-ring (bicyclic) bond motifs is 1. The molecule has 6 nitrogen and oxygen atoms in total. The molecule has 0 spiro atoms. The van der Waals surface area contributed by atoms with E-state index in [1.165, 1.54) is 0 Å². The van der Waals surface area contributed by atoms with Gasteiger partial charge in [-0.3, -0.25) is 9.59 Å². The molecule has 1 heterocycles. The highest BCUT2D eigenvalue weighted by atomic mass is 16.3. The van der Waals surface area contributed by atoms with Crippen molar-refractivity contribution in [3.05, 3.63) is 76.2 Å². The molecule has 0 fully saturated rings. The standard InChI is InChI=1S/C20H21N3O3/c1-20(13-24,11-14-7-3-2-4-8-14)12-21-19(26)17-15-9-5-6-10-16(15)18(25)23-22-17/h2-10,24H,11-13H2,1H3,(H,21,26)(H,23,25).